The fraction of sp³-hybridized carbons (Fsp3) is 0.571. The van der Waals surface area contributed by atoms with Crippen LogP contribution < -0.4 is 4.90 Å². The van der Waals surface area contributed by atoms with Gasteiger partial charge in [0, 0.05) is 18.9 Å². The maximum atomic E-state index is 6.33. The first-order valence-electron chi connectivity index (χ1n) is 6.27. The van der Waals surface area contributed by atoms with Crippen molar-refractivity contribution in [1.29, 1.82) is 0 Å². The monoisotopic (exact) mass is 315 g/mol. The Kier molecular flexibility index (Phi) is 4.75. The summed E-state index contributed by atoms with van der Waals surface area (Å²) in [4.78, 5) is 2.33. The molecule has 0 N–H and O–H groups in total. The van der Waals surface area contributed by atoms with E-state index >= 15 is 0 Å². The van der Waals surface area contributed by atoms with Crippen molar-refractivity contribution in [2.75, 3.05) is 18.5 Å². The van der Waals surface area contributed by atoms with Crippen LogP contribution in [0.4, 0.5) is 5.69 Å². The van der Waals surface area contributed by atoms with Crippen molar-refractivity contribution in [2.24, 2.45) is 5.92 Å². The van der Waals surface area contributed by atoms with Crippen LogP contribution in [0, 0.1) is 5.92 Å². The molecule has 0 aliphatic heterocycles. The second kappa shape index (κ2) is 6.10. The van der Waals surface area contributed by atoms with E-state index in [0.29, 0.717) is 0 Å². The van der Waals surface area contributed by atoms with Crippen molar-refractivity contribution in [1.82, 2.24) is 0 Å². The molecule has 0 unspecified atom stereocenters. The van der Waals surface area contributed by atoms with Gasteiger partial charge in [-0.25, -0.2) is 0 Å². The summed E-state index contributed by atoms with van der Waals surface area (Å²) in [7, 11) is 2.16. The van der Waals surface area contributed by atoms with Gasteiger partial charge in [0.25, 0.3) is 0 Å². The predicted molar refractivity (Wildman–Crippen MR) is 79.3 cm³/mol. The second-order valence-corrected chi connectivity index (χ2v) is 5.88. The normalized spacial score (nSPS) is 16.4. The van der Waals surface area contributed by atoms with Crippen LogP contribution in [0.5, 0.6) is 0 Å². The summed E-state index contributed by atoms with van der Waals surface area (Å²) in [5.74, 6) is 0.847. The molecule has 0 bridgehead atoms. The number of alkyl halides is 1. The number of rotatable bonds is 4. The molecule has 0 spiro atoms. The van der Waals surface area contributed by atoms with E-state index in [1.54, 1.807) is 0 Å². The average Bonchev–Trinajstić information content (AvgIpc) is 2.81. The van der Waals surface area contributed by atoms with Crippen LogP contribution in [0.15, 0.2) is 18.2 Å². The molecule has 1 aliphatic carbocycles. The van der Waals surface area contributed by atoms with Gasteiger partial charge in [-0.15, -0.1) is 0 Å². The molecule has 1 aromatic carbocycles. The van der Waals surface area contributed by atoms with E-state index in [4.69, 9.17) is 11.6 Å². The molecule has 0 heterocycles. The molecule has 0 radical (unpaired) electrons. The third kappa shape index (κ3) is 3.17. The lowest BCUT2D eigenvalue weighted by Gasteiger charge is -2.26. The second-order valence-electron chi connectivity index (χ2n) is 4.91. The van der Waals surface area contributed by atoms with Gasteiger partial charge >= 0.3 is 0 Å². The van der Waals surface area contributed by atoms with Crippen molar-refractivity contribution >= 4 is 33.2 Å². The van der Waals surface area contributed by atoms with E-state index in [0.717, 1.165) is 22.8 Å². The van der Waals surface area contributed by atoms with Gasteiger partial charge < -0.3 is 4.90 Å². The molecule has 0 aromatic heterocycles. The van der Waals surface area contributed by atoms with E-state index in [9.17, 15) is 0 Å². The Morgan fingerprint density at radius 1 is 1.35 bits per heavy atom. The Hall–Kier alpha value is -0.210. The van der Waals surface area contributed by atoms with E-state index in [1.165, 1.54) is 36.9 Å². The fourth-order valence-electron chi connectivity index (χ4n) is 2.77. The molecule has 0 atom stereocenters. The zero-order chi connectivity index (χ0) is 12.3. The lowest BCUT2D eigenvalue weighted by atomic mass is 10.1. The van der Waals surface area contributed by atoms with Crippen molar-refractivity contribution in [3.05, 3.63) is 28.8 Å². The molecular formula is C14H19BrClN. The summed E-state index contributed by atoms with van der Waals surface area (Å²) in [6.07, 6.45) is 5.54. The van der Waals surface area contributed by atoms with Crippen LogP contribution in [-0.4, -0.2) is 13.6 Å². The summed E-state index contributed by atoms with van der Waals surface area (Å²) in [6, 6.07) is 6.14. The first-order chi connectivity index (χ1) is 8.22. The molecule has 1 saturated carbocycles. The number of nitrogens with zero attached hydrogens (tertiary/aromatic N) is 1. The molecule has 1 fully saturated rings. The Morgan fingerprint density at radius 2 is 2.06 bits per heavy atom. The molecule has 94 valence electrons. The minimum Gasteiger partial charge on any atom is -0.373 e. The van der Waals surface area contributed by atoms with Crippen LogP contribution in [-0.2, 0) is 5.33 Å². The molecular weight excluding hydrogens is 298 g/mol. The Morgan fingerprint density at radius 3 is 2.71 bits per heavy atom. The molecule has 2 rings (SSSR count). The highest BCUT2D eigenvalue weighted by molar-refractivity contribution is 9.08. The summed E-state index contributed by atoms with van der Waals surface area (Å²) in [5, 5.41) is 1.72. The van der Waals surface area contributed by atoms with Crippen molar-refractivity contribution in [3.63, 3.8) is 0 Å². The molecule has 3 heteroatoms. The van der Waals surface area contributed by atoms with E-state index < -0.39 is 0 Å². The molecule has 0 amide bonds. The smallest absolute Gasteiger partial charge is 0.0642 e. The predicted octanol–water partition coefficient (Wildman–Crippen LogP) is 4.86. The van der Waals surface area contributed by atoms with Crippen LogP contribution in [0.3, 0.4) is 0 Å². The quantitative estimate of drug-likeness (QED) is 0.717. The number of hydrogen-bond donors (Lipinski definition) is 0. The van der Waals surface area contributed by atoms with Gasteiger partial charge in [-0.2, -0.15) is 0 Å². The van der Waals surface area contributed by atoms with E-state index in [-0.39, 0.29) is 0 Å². The number of anilines is 1. The van der Waals surface area contributed by atoms with Gasteiger partial charge in [0.2, 0.25) is 0 Å². The van der Waals surface area contributed by atoms with Gasteiger partial charge in [-0.3, -0.25) is 0 Å². The highest BCUT2D eigenvalue weighted by Gasteiger charge is 2.19. The van der Waals surface area contributed by atoms with Gasteiger partial charge in [0.05, 0.1) is 10.7 Å². The molecule has 1 aliphatic rings. The Balaban J connectivity index is 2.14. The third-order valence-corrected chi connectivity index (χ3v) is 4.51. The van der Waals surface area contributed by atoms with Gasteiger partial charge in [0.1, 0.15) is 0 Å². The highest BCUT2D eigenvalue weighted by atomic mass is 79.9. The minimum atomic E-state index is 0.847. The third-order valence-electron chi connectivity index (χ3n) is 3.60. The lowest BCUT2D eigenvalue weighted by Crippen LogP contribution is -2.25. The summed E-state index contributed by atoms with van der Waals surface area (Å²) < 4.78 is 0. The van der Waals surface area contributed by atoms with E-state index in [1.807, 2.05) is 12.1 Å². The first kappa shape index (κ1) is 13.2. The van der Waals surface area contributed by atoms with Crippen LogP contribution >= 0.6 is 27.5 Å². The van der Waals surface area contributed by atoms with Crippen LogP contribution in [0.25, 0.3) is 0 Å². The molecule has 17 heavy (non-hydrogen) atoms. The van der Waals surface area contributed by atoms with Crippen LogP contribution in [0.1, 0.15) is 31.2 Å². The molecule has 1 aromatic rings. The Bertz CT molecular complexity index is 374. The number of hydrogen-bond acceptors (Lipinski definition) is 1. The van der Waals surface area contributed by atoms with Crippen LogP contribution in [0.2, 0.25) is 5.02 Å². The standard InChI is InChI=1S/C14H19BrClN/c1-17(10-11-5-2-3-6-11)14-12(9-15)7-4-8-13(14)16/h4,7-8,11H,2-3,5-6,9-10H2,1H3. The fourth-order valence-corrected chi connectivity index (χ4v) is 3.56. The summed E-state index contributed by atoms with van der Waals surface area (Å²) >= 11 is 9.86. The largest absolute Gasteiger partial charge is 0.373 e. The topological polar surface area (TPSA) is 3.24 Å². The van der Waals surface area contributed by atoms with E-state index in [2.05, 4.69) is 33.9 Å². The molecule has 1 nitrogen and oxygen atoms in total. The van der Waals surface area contributed by atoms with Gasteiger partial charge in [0.15, 0.2) is 0 Å². The highest BCUT2D eigenvalue weighted by Crippen LogP contribution is 2.33. The van der Waals surface area contributed by atoms with Gasteiger partial charge in [-0.1, -0.05) is 52.5 Å². The summed E-state index contributed by atoms with van der Waals surface area (Å²) in [6.45, 7) is 1.13. The Labute approximate surface area is 117 Å². The SMILES string of the molecule is CN(CC1CCCC1)c1c(Cl)cccc1CBr. The molecule has 0 saturated heterocycles. The minimum absolute atomic E-state index is 0.847. The summed E-state index contributed by atoms with van der Waals surface area (Å²) in [5.41, 5.74) is 2.47. The zero-order valence-electron chi connectivity index (χ0n) is 10.3. The number of halogens is 2. The van der Waals surface area contributed by atoms with Crippen molar-refractivity contribution in [2.45, 2.75) is 31.0 Å². The number of para-hydroxylation sites is 1. The number of benzene rings is 1. The van der Waals surface area contributed by atoms with Crippen molar-refractivity contribution in [3.8, 4) is 0 Å². The van der Waals surface area contributed by atoms with Gasteiger partial charge in [-0.05, 0) is 30.4 Å². The van der Waals surface area contributed by atoms with Crippen molar-refractivity contribution < 1.29 is 0 Å². The maximum absolute atomic E-state index is 6.33. The maximum Gasteiger partial charge on any atom is 0.0642 e. The lowest BCUT2D eigenvalue weighted by molar-refractivity contribution is 0.547. The average molecular weight is 317 g/mol. The first-order valence-corrected chi connectivity index (χ1v) is 7.77. The zero-order valence-corrected chi connectivity index (χ0v) is 12.6.